The summed E-state index contributed by atoms with van der Waals surface area (Å²) in [6.07, 6.45) is 1.98. The molecule has 5 nitrogen and oxygen atoms in total. The van der Waals surface area contributed by atoms with Crippen molar-refractivity contribution >= 4 is 27.8 Å². The number of carbonyl (C=O) groups is 1. The predicted molar refractivity (Wildman–Crippen MR) is 121 cm³/mol. The highest BCUT2D eigenvalue weighted by molar-refractivity contribution is 5.93. The quantitative estimate of drug-likeness (QED) is 0.402. The standard InChI is InChI=1S/C26H20N2O3/c29-26(30)21-9-8-20-12-13-28(25(20)15-21)16-18-4-3-6-23(14-18)31-17-22-11-10-19-5-1-2-7-24(19)27-22/h1-15H,16-17H2,(H,29,30). The van der Waals surface area contributed by atoms with Crippen molar-refractivity contribution in [1.29, 1.82) is 0 Å². The third kappa shape index (κ3) is 3.98. The monoisotopic (exact) mass is 408 g/mol. The van der Waals surface area contributed by atoms with Gasteiger partial charge in [0, 0.05) is 23.6 Å². The van der Waals surface area contributed by atoms with Gasteiger partial charge in [-0.1, -0.05) is 42.5 Å². The molecule has 5 rings (SSSR count). The molecular weight excluding hydrogens is 388 g/mol. The lowest BCUT2D eigenvalue weighted by molar-refractivity contribution is 0.0697. The zero-order valence-corrected chi connectivity index (χ0v) is 16.7. The van der Waals surface area contributed by atoms with Crippen LogP contribution >= 0.6 is 0 Å². The average molecular weight is 408 g/mol. The lowest BCUT2D eigenvalue weighted by atomic mass is 10.1. The van der Waals surface area contributed by atoms with E-state index in [9.17, 15) is 9.90 Å². The highest BCUT2D eigenvalue weighted by Crippen LogP contribution is 2.21. The van der Waals surface area contributed by atoms with Crippen molar-refractivity contribution in [1.82, 2.24) is 9.55 Å². The van der Waals surface area contributed by atoms with Crippen molar-refractivity contribution in [2.45, 2.75) is 13.2 Å². The Bertz CT molecular complexity index is 1400. The number of aromatic nitrogens is 2. The normalized spacial score (nSPS) is 11.1. The van der Waals surface area contributed by atoms with E-state index in [4.69, 9.17) is 4.74 Å². The van der Waals surface area contributed by atoms with Gasteiger partial charge < -0.3 is 14.4 Å². The van der Waals surface area contributed by atoms with Crippen molar-refractivity contribution in [3.63, 3.8) is 0 Å². The van der Waals surface area contributed by atoms with Gasteiger partial charge in [0.15, 0.2) is 0 Å². The van der Waals surface area contributed by atoms with E-state index in [-0.39, 0.29) is 5.56 Å². The predicted octanol–water partition coefficient (Wildman–Crippen LogP) is 5.52. The number of ether oxygens (including phenoxy) is 1. The second kappa shape index (κ2) is 7.95. The van der Waals surface area contributed by atoms with Crippen LogP contribution in [0.1, 0.15) is 21.6 Å². The number of rotatable bonds is 6. The Labute approximate surface area is 179 Å². The number of hydrogen-bond acceptors (Lipinski definition) is 3. The Kier molecular flexibility index (Phi) is 4.84. The first-order valence-electron chi connectivity index (χ1n) is 10.0. The molecule has 0 amide bonds. The van der Waals surface area contributed by atoms with E-state index in [2.05, 4.69) is 11.1 Å². The van der Waals surface area contributed by atoms with Crippen LogP contribution in [0.3, 0.4) is 0 Å². The SMILES string of the molecule is O=C(O)c1ccc2ccn(Cc3cccc(OCc4ccc5ccccc5n4)c3)c2c1. The Morgan fingerprint density at radius 1 is 0.903 bits per heavy atom. The van der Waals surface area contributed by atoms with Gasteiger partial charge in [-0.3, -0.25) is 0 Å². The zero-order valence-electron chi connectivity index (χ0n) is 16.7. The molecule has 5 aromatic rings. The summed E-state index contributed by atoms with van der Waals surface area (Å²) in [6, 6.07) is 27.2. The second-order valence-corrected chi connectivity index (χ2v) is 7.45. The van der Waals surface area contributed by atoms with Gasteiger partial charge in [0.1, 0.15) is 12.4 Å². The van der Waals surface area contributed by atoms with Gasteiger partial charge in [0.25, 0.3) is 0 Å². The van der Waals surface area contributed by atoms with Gasteiger partial charge in [-0.25, -0.2) is 9.78 Å². The third-order valence-electron chi connectivity index (χ3n) is 5.32. The molecule has 31 heavy (non-hydrogen) atoms. The molecule has 0 aliphatic rings. The van der Waals surface area contributed by atoms with Crippen molar-refractivity contribution in [2.24, 2.45) is 0 Å². The molecule has 3 aromatic carbocycles. The number of fused-ring (bicyclic) bond motifs is 2. The Hall–Kier alpha value is -4.12. The summed E-state index contributed by atoms with van der Waals surface area (Å²) in [5.41, 5.74) is 4.08. The van der Waals surface area contributed by atoms with E-state index >= 15 is 0 Å². The first-order chi connectivity index (χ1) is 15.2. The summed E-state index contributed by atoms with van der Waals surface area (Å²) < 4.78 is 8.04. The summed E-state index contributed by atoms with van der Waals surface area (Å²) >= 11 is 0. The molecule has 152 valence electrons. The smallest absolute Gasteiger partial charge is 0.335 e. The van der Waals surface area contributed by atoms with Gasteiger partial charge >= 0.3 is 5.97 Å². The lowest BCUT2D eigenvalue weighted by Gasteiger charge is -2.10. The Morgan fingerprint density at radius 2 is 1.77 bits per heavy atom. The minimum absolute atomic E-state index is 0.285. The highest BCUT2D eigenvalue weighted by Gasteiger charge is 2.08. The maximum atomic E-state index is 11.3. The molecule has 0 spiro atoms. The van der Waals surface area contributed by atoms with Crippen LogP contribution in [-0.2, 0) is 13.2 Å². The molecule has 0 unspecified atom stereocenters. The molecule has 5 heteroatoms. The number of hydrogen-bond donors (Lipinski definition) is 1. The van der Waals surface area contributed by atoms with E-state index in [1.807, 2.05) is 77.5 Å². The first kappa shape index (κ1) is 18.9. The number of pyridine rings is 1. The lowest BCUT2D eigenvalue weighted by Crippen LogP contribution is -2.02. The van der Waals surface area contributed by atoms with Crippen LogP contribution in [0, 0.1) is 0 Å². The molecule has 0 bridgehead atoms. The summed E-state index contributed by atoms with van der Waals surface area (Å²) in [7, 11) is 0. The van der Waals surface area contributed by atoms with Gasteiger partial charge in [-0.15, -0.1) is 0 Å². The summed E-state index contributed by atoms with van der Waals surface area (Å²) in [4.78, 5) is 16.0. The molecule has 0 saturated heterocycles. The van der Waals surface area contributed by atoms with E-state index in [1.165, 1.54) is 0 Å². The first-order valence-corrected chi connectivity index (χ1v) is 10.0. The minimum Gasteiger partial charge on any atom is -0.487 e. The van der Waals surface area contributed by atoms with Gasteiger partial charge in [-0.2, -0.15) is 0 Å². The summed E-state index contributed by atoms with van der Waals surface area (Å²) in [6.45, 7) is 1.01. The largest absolute Gasteiger partial charge is 0.487 e. The van der Waals surface area contributed by atoms with Crippen LogP contribution < -0.4 is 4.74 Å². The molecule has 0 radical (unpaired) electrons. The fourth-order valence-electron chi connectivity index (χ4n) is 3.73. The summed E-state index contributed by atoms with van der Waals surface area (Å²) in [5, 5.41) is 11.4. The van der Waals surface area contributed by atoms with Crippen LogP contribution in [0.5, 0.6) is 5.75 Å². The summed E-state index contributed by atoms with van der Waals surface area (Å²) in [5.74, 6) is -0.150. The number of nitrogens with zero attached hydrogens (tertiary/aromatic N) is 2. The molecule has 0 aliphatic heterocycles. The van der Waals surface area contributed by atoms with E-state index < -0.39 is 5.97 Å². The van der Waals surface area contributed by atoms with E-state index in [0.29, 0.717) is 13.2 Å². The van der Waals surface area contributed by atoms with Crippen molar-refractivity contribution in [3.05, 3.63) is 108 Å². The Balaban J connectivity index is 1.33. The molecule has 2 aromatic heterocycles. The molecule has 0 atom stereocenters. The zero-order chi connectivity index (χ0) is 21.2. The van der Waals surface area contributed by atoms with Crippen molar-refractivity contribution < 1.29 is 14.6 Å². The third-order valence-corrected chi connectivity index (χ3v) is 5.32. The van der Waals surface area contributed by atoms with Crippen LogP contribution in [0.4, 0.5) is 0 Å². The average Bonchev–Trinajstić information content (AvgIpc) is 3.20. The number of aromatic carboxylic acids is 1. The molecule has 2 heterocycles. The van der Waals surface area contributed by atoms with E-state index in [0.717, 1.165) is 38.8 Å². The van der Waals surface area contributed by atoms with Gasteiger partial charge in [0.05, 0.1) is 16.8 Å². The van der Waals surface area contributed by atoms with Crippen LogP contribution in [0.2, 0.25) is 0 Å². The fourth-order valence-corrected chi connectivity index (χ4v) is 3.73. The number of benzene rings is 3. The molecule has 0 saturated carbocycles. The maximum Gasteiger partial charge on any atom is 0.335 e. The molecular formula is C26H20N2O3. The van der Waals surface area contributed by atoms with Crippen molar-refractivity contribution in [3.8, 4) is 5.75 Å². The minimum atomic E-state index is -0.924. The molecule has 0 aliphatic carbocycles. The molecule has 1 N–H and O–H groups in total. The van der Waals surface area contributed by atoms with Gasteiger partial charge in [-0.05, 0) is 53.4 Å². The Morgan fingerprint density at radius 3 is 2.68 bits per heavy atom. The second-order valence-electron chi connectivity index (χ2n) is 7.45. The van der Waals surface area contributed by atoms with Gasteiger partial charge in [0.2, 0.25) is 0 Å². The van der Waals surface area contributed by atoms with Crippen LogP contribution in [0.25, 0.3) is 21.8 Å². The maximum absolute atomic E-state index is 11.3. The number of carboxylic acids is 1. The van der Waals surface area contributed by atoms with Crippen LogP contribution in [-0.4, -0.2) is 20.6 Å². The number of para-hydroxylation sites is 1. The highest BCUT2D eigenvalue weighted by atomic mass is 16.5. The molecule has 0 fully saturated rings. The van der Waals surface area contributed by atoms with E-state index in [1.54, 1.807) is 12.1 Å². The fraction of sp³-hybridized carbons (Fsp3) is 0.0769. The van der Waals surface area contributed by atoms with Crippen LogP contribution in [0.15, 0.2) is 91.1 Å². The topological polar surface area (TPSA) is 64.3 Å². The van der Waals surface area contributed by atoms with Crippen molar-refractivity contribution in [2.75, 3.05) is 0 Å². The number of carboxylic acid groups (broad SMARTS) is 1.